The fourth-order valence-corrected chi connectivity index (χ4v) is 8.11. The van der Waals surface area contributed by atoms with Crippen LogP contribution in [-0.4, -0.2) is 0 Å². The molecule has 0 N–H and O–H groups in total. The zero-order valence-corrected chi connectivity index (χ0v) is 33.0. The van der Waals surface area contributed by atoms with Gasteiger partial charge in [-0.3, -0.25) is 0 Å². The van der Waals surface area contributed by atoms with Gasteiger partial charge >= 0.3 is 0 Å². The van der Waals surface area contributed by atoms with Gasteiger partial charge in [0.25, 0.3) is 0 Å². The van der Waals surface area contributed by atoms with Gasteiger partial charge in [-0.15, -0.1) is 0 Å². The van der Waals surface area contributed by atoms with E-state index in [1.807, 2.05) is 0 Å². The summed E-state index contributed by atoms with van der Waals surface area (Å²) in [5.74, 6) is 9.55. The minimum Gasteiger partial charge on any atom is -0.0616 e. The Morgan fingerprint density at radius 1 is 0.333 bits per heavy atom. The minimum atomic E-state index is 0.434. The monoisotopic (exact) mass is 698 g/mol. The highest BCUT2D eigenvalue weighted by molar-refractivity contribution is 6.13. The normalized spacial score (nSPS) is 11.9. The fraction of sp³-hybridized carbons (Fsp3) is 0.222. The molecule has 0 heteroatoms. The quantitative estimate of drug-likeness (QED) is 0.120. The number of rotatable bonds is 6. The molecule has 0 radical (unpaired) electrons. The van der Waals surface area contributed by atoms with Crippen LogP contribution in [-0.2, 0) is 0 Å². The van der Waals surface area contributed by atoms with E-state index < -0.39 is 0 Å². The predicted octanol–water partition coefficient (Wildman–Crippen LogP) is 15.5. The van der Waals surface area contributed by atoms with Crippen molar-refractivity contribution in [3.8, 4) is 34.1 Å². The maximum Gasteiger partial charge on any atom is 0.0412 e. The Bertz CT molecular complexity index is 2530. The third kappa shape index (κ3) is 6.48. The number of hydrogen-bond acceptors (Lipinski definition) is 0. The van der Waals surface area contributed by atoms with Crippen LogP contribution < -0.4 is 0 Å². The Kier molecular flexibility index (Phi) is 9.37. The predicted molar refractivity (Wildman–Crippen MR) is 236 cm³/mol. The molecule has 0 fully saturated rings. The van der Waals surface area contributed by atoms with Crippen molar-refractivity contribution in [2.75, 3.05) is 0 Å². The average molecular weight is 699 g/mol. The highest BCUT2D eigenvalue weighted by Crippen LogP contribution is 2.40. The molecule has 0 aliphatic heterocycles. The molecule has 0 saturated heterocycles. The van der Waals surface area contributed by atoms with E-state index in [0.717, 1.165) is 11.1 Å². The molecule has 0 nitrogen and oxygen atoms in total. The molecule has 54 heavy (non-hydrogen) atoms. The summed E-state index contributed by atoms with van der Waals surface area (Å²) in [7, 11) is 0. The second-order valence-electron chi connectivity index (χ2n) is 16.4. The fourth-order valence-electron chi connectivity index (χ4n) is 8.11. The molecule has 0 amide bonds. The summed E-state index contributed by atoms with van der Waals surface area (Å²) in [6, 6.07) is 50.1. The van der Waals surface area contributed by atoms with Gasteiger partial charge in [-0.25, -0.2) is 0 Å². The van der Waals surface area contributed by atoms with E-state index in [1.54, 1.807) is 0 Å². The van der Waals surface area contributed by atoms with Crippen LogP contribution in [0.25, 0.3) is 65.3 Å². The van der Waals surface area contributed by atoms with Gasteiger partial charge in [0.2, 0.25) is 0 Å². The third-order valence-electron chi connectivity index (χ3n) is 11.3. The Labute approximate surface area is 321 Å². The molecule has 8 rings (SSSR count). The van der Waals surface area contributed by atoms with Crippen LogP contribution >= 0.6 is 0 Å². The molecule has 0 unspecified atom stereocenters. The lowest BCUT2D eigenvalue weighted by Crippen LogP contribution is -1.96. The van der Waals surface area contributed by atoms with E-state index in [9.17, 15) is 0 Å². The van der Waals surface area contributed by atoms with Crippen molar-refractivity contribution in [2.24, 2.45) is 0 Å². The molecule has 266 valence electrons. The maximum absolute atomic E-state index is 3.90. The van der Waals surface area contributed by atoms with E-state index in [0.29, 0.717) is 23.7 Å². The molecule has 0 bridgehead atoms. The summed E-state index contributed by atoms with van der Waals surface area (Å²) in [6.07, 6.45) is 0. The van der Waals surface area contributed by atoms with Gasteiger partial charge in [0, 0.05) is 21.9 Å². The Hall–Kier alpha value is -5.64. The second-order valence-corrected chi connectivity index (χ2v) is 16.4. The van der Waals surface area contributed by atoms with E-state index in [2.05, 4.69) is 201 Å². The van der Waals surface area contributed by atoms with Crippen LogP contribution in [0.4, 0.5) is 0 Å². The zero-order valence-electron chi connectivity index (χ0n) is 33.0. The summed E-state index contributed by atoms with van der Waals surface area (Å²) in [5, 5.41) is 9.65. The first-order chi connectivity index (χ1) is 26.1. The van der Waals surface area contributed by atoms with Gasteiger partial charge < -0.3 is 0 Å². The van der Waals surface area contributed by atoms with Crippen molar-refractivity contribution in [2.45, 2.75) is 79.1 Å². The van der Waals surface area contributed by atoms with Gasteiger partial charge in [0.15, 0.2) is 0 Å². The lowest BCUT2D eigenvalue weighted by Gasteiger charge is -2.18. The van der Waals surface area contributed by atoms with Crippen LogP contribution in [0.5, 0.6) is 0 Å². The minimum absolute atomic E-state index is 0.434. The molecular weight excluding hydrogens is 649 g/mol. The second kappa shape index (κ2) is 14.3. The van der Waals surface area contributed by atoms with Gasteiger partial charge in [-0.1, -0.05) is 189 Å². The van der Waals surface area contributed by atoms with Gasteiger partial charge in [-0.05, 0) is 113 Å². The van der Waals surface area contributed by atoms with Gasteiger partial charge in [0.1, 0.15) is 0 Å². The smallest absolute Gasteiger partial charge is 0.0412 e. The Morgan fingerprint density at radius 2 is 0.667 bits per heavy atom. The van der Waals surface area contributed by atoms with Crippen molar-refractivity contribution in [3.05, 3.63) is 167 Å². The average Bonchev–Trinajstić information content (AvgIpc) is 3.18. The number of hydrogen-bond donors (Lipinski definition) is 0. The summed E-state index contributed by atoms with van der Waals surface area (Å²) in [5.41, 5.74) is 12.7. The molecule has 0 aromatic heterocycles. The zero-order chi connectivity index (χ0) is 37.7. The van der Waals surface area contributed by atoms with Crippen molar-refractivity contribution < 1.29 is 0 Å². The van der Waals surface area contributed by atoms with Gasteiger partial charge in [-0.2, -0.15) is 0 Å². The van der Waals surface area contributed by atoms with Crippen LogP contribution in [0.15, 0.2) is 133 Å². The Morgan fingerprint density at radius 3 is 1.02 bits per heavy atom. The highest BCUT2D eigenvalue weighted by Gasteiger charge is 2.17. The van der Waals surface area contributed by atoms with Crippen molar-refractivity contribution in [1.29, 1.82) is 0 Å². The summed E-state index contributed by atoms with van der Waals surface area (Å²) in [6.45, 7) is 18.4. The SMILES string of the molecule is CC(C)c1cc(-c2cccc3cc4ccccc4c(C#Cc4c5ccccc5cc5cccc(-c6cc(C(C)C)cc(C(C)C)c6)c45)c23)cc(C(C)C)c1. The van der Waals surface area contributed by atoms with E-state index >= 15 is 0 Å². The molecule has 0 aliphatic carbocycles. The number of benzene rings is 8. The lowest BCUT2D eigenvalue weighted by atomic mass is 9.86. The van der Waals surface area contributed by atoms with Crippen molar-refractivity contribution >= 4 is 43.1 Å². The molecule has 8 aromatic rings. The molecule has 0 aliphatic rings. The lowest BCUT2D eigenvalue weighted by molar-refractivity contribution is 0.834. The summed E-state index contributed by atoms with van der Waals surface area (Å²) < 4.78 is 0. The first-order valence-electron chi connectivity index (χ1n) is 19.8. The third-order valence-corrected chi connectivity index (χ3v) is 11.3. The van der Waals surface area contributed by atoms with Crippen LogP contribution in [0.1, 0.15) is 112 Å². The first kappa shape index (κ1) is 35.4. The topological polar surface area (TPSA) is 0 Å². The summed E-state index contributed by atoms with van der Waals surface area (Å²) in [4.78, 5) is 0. The Balaban J connectivity index is 1.47. The van der Waals surface area contributed by atoms with Gasteiger partial charge in [0.05, 0.1) is 0 Å². The van der Waals surface area contributed by atoms with Crippen LogP contribution in [0.2, 0.25) is 0 Å². The maximum atomic E-state index is 3.90. The molecule has 0 spiro atoms. The van der Waals surface area contributed by atoms with Crippen molar-refractivity contribution in [1.82, 2.24) is 0 Å². The highest BCUT2D eigenvalue weighted by atomic mass is 14.2. The number of fused-ring (bicyclic) bond motifs is 4. The molecular formula is C54H50. The van der Waals surface area contributed by atoms with E-state index in [-0.39, 0.29) is 0 Å². The molecule has 0 heterocycles. The first-order valence-corrected chi connectivity index (χ1v) is 19.8. The summed E-state index contributed by atoms with van der Waals surface area (Å²) >= 11 is 0. The van der Waals surface area contributed by atoms with Crippen molar-refractivity contribution in [3.63, 3.8) is 0 Å². The van der Waals surface area contributed by atoms with Crippen LogP contribution in [0, 0.1) is 11.8 Å². The van der Waals surface area contributed by atoms with Crippen LogP contribution in [0.3, 0.4) is 0 Å². The molecule has 0 atom stereocenters. The standard InChI is InChI=1S/C54H50/c1-33(2)41-27-42(34(3)4)30-45(29-41)49-21-13-17-39-25-37-15-9-11-19-47(37)51(53(39)49)23-24-52-48-20-12-10-16-38(48)26-40-18-14-22-50(54(40)52)46-31-43(35(5)6)28-44(32-46)36(7)8/h9-22,25-36H,1-8H3. The molecule has 0 saturated carbocycles. The van der Waals surface area contributed by atoms with E-state index in [1.165, 1.54) is 87.6 Å². The van der Waals surface area contributed by atoms with E-state index in [4.69, 9.17) is 0 Å². The molecule has 8 aromatic carbocycles. The largest absolute Gasteiger partial charge is 0.0616 e.